The Labute approximate surface area is 539 Å². The average molecular weight is 1400 g/mol. The van der Waals surface area contributed by atoms with Crippen molar-refractivity contribution in [1.82, 2.24) is 19.1 Å². The summed E-state index contributed by atoms with van der Waals surface area (Å²) in [6.07, 6.45) is 11.9. The Morgan fingerprint density at radius 3 is 1.42 bits per heavy atom. The van der Waals surface area contributed by atoms with Crippen molar-refractivity contribution in [2.45, 2.75) is 115 Å². The third kappa shape index (κ3) is 18.2. The SMILES string of the molecule is CC12CC3(C)OC(C)(CC(C)(O1)P3c1ccccc1)O2.COc1c(/C=C/c2ccc(NS(C)(=O)=O)cc2)cc(-n2ccc(=O)[nH]c2=O)cc1C(C)(C)C.COc1c(I)cc(-n2ccc(=O)[nH]c2=O)cc1C(C)(C)C.CS(=O)(=O)Nc1ccc(/C=C/B(O)O)cc1. The van der Waals surface area contributed by atoms with Crippen LogP contribution in [-0.2, 0) is 45.1 Å². The molecule has 480 valence electrons. The molecule has 4 fully saturated rings. The van der Waals surface area contributed by atoms with E-state index >= 15 is 0 Å². The Bertz CT molecular complexity index is 4230. The Kier molecular flexibility index (Phi) is 21.5. The van der Waals surface area contributed by atoms with Crippen LogP contribution in [0.5, 0.6) is 11.5 Å². The predicted molar refractivity (Wildman–Crippen MR) is 366 cm³/mol. The summed E-state index contributed by atoms with van der Waals surface area (Å²) in [5, 5.41) is 18.2. The van der Waals surface area contributed by atoms with Crippen LogP contribution in [0.4, 0.5) is 11.4 Å². The maximum Gasteiger partial charge on any atom is 0.480 e. The molecule has 4 saturated heterocycles. The molecule has 26 heteroatoms. The van der Waals surface area contributed by atoms with Crippen LogP contribution in [0.2, 0.25) is 0 Å². The Morgan fingerprint density at radius 1 is 0.600 bits per heavy atom. The summed E-state index contributed by atoms with van der Waals surface area (Å²) < 4.78 is 83.2. The van der Waals surface area contributed by atoms with Crippen molar-refractivity contribution in [2.75, 3.05) is 36.2 Å². The molecule has 6 heterocycles. The molecular formula is C64H77BIN6O15PS2. The molecule has 7 aromatic rings. The monoisotopic (exact) mass is 1400 g/mol. The van der Waals surface area contributed by atoms with Crippen molar-refractivity contribution < 1.29 is 50.6 Å². The van der Waals surface area contributed by atoms with Gasteiger partial charge in [0.15, 0.2) is 11.6 Å². The minimum absolute atomic E-state index is 0.132. The highest BCUT2D eigenvalue weighted by molar-refractivity contribution is 14.1. The lowest BCUT2D eigenvalue weighted by Gasteiger charge is -2.69. The van der Waals surface area contributed by atoms with Crippen LogP contribution >= 0.6 is 30.5 Å². The van der Waals surface area contributed by atoms with Crippen molar-refractivity contribution in [2.24, 2.45) is 0 Å². The van der Waals surface area contributed by atoms with Gasteiger partial charge >= 0.3 is 18.5 Å². The highest BCUT2D eigenvalue weighted by Gasteiger charge is 2.71. The van der Waals surface area contributed by atoms with Gasteiger partial charge in [0.1, 0.15) is 11.5 Å². The number of ether oxygens (including phenoxy) is 5. The quantitative estimate of drug-likeness (QED) is 0.0271. The predicted octanol–water partition coefficient (Wildman–Crippen LogP) is 9.42. The third-order valence-electron chi connectivity index (χ3n) is 14.3. The highest BCUT2D eigenvalue weighted by atomic mass is 127. The van der Waals surface area contributed by atoms with Crippen molar-refractivity contribution in [3.05, 3.63) is 207 Å². The molecule has 0 aliphatic carbocycles. The Morgan fingerprint density at radius 2 is 1.02 bits per heavy atom. The van der Waals surface area contributed by atoms with E-state index in [1.807, 2.05) is 57.2 Å². The lowest BCUT2D eigenvalue weighted by molar-refractivity contribution is -0.467. The first-order chi connectivity index (χ1) is 41.7. The van der Waals surface area contributed by atoms with Crippen LogP contribution in [-0.4, -0.2) is 102 Å². The second-order valence-electron chi connectivity index (χ2n) is 24.6. The Hall–Kier alpha value is -6.94. The zero-order valence-electron chi connectivity index (χ0n) is 52.7. The number of hydrogen-bond donors (Lipinski definition) is 6. The van der Waals surface area contributed by atoms with Gasteiger partial charge in [-0.25, -0.2) is 26.4 Å². The number of benzene rings is 5. The number of H-pyrrole nitrogens is 2. The fourth-order valence-corrected chi connectivity index (χ4v) is 17.2. The van der Waals surface area contributed by atoms with Gasteiger partial charge in [0.05, 0.1) is 52.4 Å². The van der Waals surface area contributed by atoms with E-state index in [9.17, 15) is 36.0 Å². The summed E-state index contributed by atoms with van der Waals surface area (Å²) in [6, 6.07) is 34.2. The maximum absolute atomic E-state index is 12.4. The van der Waals surface area contributed by atoms with Crippen LogP contribution in [0.25, 0.3) is 29.6 Å². The smallest absolute Gasteiger partial charge is 0.480 e. The standard InChI is InChI=1S/C24H27N3O5S.C16H21O3P.C15H17IN2O3.C9H12BNO4S/c1-24(2,3)20-15-19(27-13-12-21(28)25-23(27)29)14-17(22(20)32-4)9-6-16-7-10-18(11-8-16)26-33(5,30)31;1-13-10-15(3)19-14(2,17-13)11-16(4,18-13)20(15)12-8-6-5-7-9-12;1-15(2,3)10-7-9(8-11(16)13(10)21-4)18-6-5-12(19)17-14(18)20;1-16(14,15)11-9-4-2-8(3-5-9)6-7-10(12)13/h6-15,26H,1-5H3,(H,25,28,29);5-9H,10-11H2,1-4H3;5-8H,1-4H3,(H,17,19,20);2-7,11-13H,1H3/b9-6+;;;7-6+. The summed E-state index contributed by atoms with van der Waals surface area (Å²) in [4.78, 5) is 51.5. The van der Waals surface area contributed by atoms with E-state index in [0.717, 1.165) is 62.5 Å². The lowest BCUT2D eigenvalue weighted by Crippen LogP contribution is -2.72. The largest absolute Gasteiger partial charge is 0.496 e. The molecule has 0 spiro atoms. The molecule has 5 aromatic carbocycles. The molecule has 11 rings (SSSR count). The molecule has 4 aliphatic rings. The van der Waals surface area contributed by atoms with Crippen molar-refractivity contribution >= 4 is 92.6 Å². The fourth-order valence-electron chi connectivity index (χ4n) is 11.3. The summed E-state index contributed by atoms with van der Waals surface area (Å²) in [5.41, 5.74) is 4.19. The van der Waals surface area contributed by atoms with Gasteiger partial charge in [-0.05, 0) is 134 Å². The molecule has 2 aromatic heterocycles. The summed E-state index contributed by atoms with van der Waals surface area (Å²) in [6.45, 7) is 21.0. The molecule has 0 saturated carbocycles. The van der Waals surface area contributed by atoms with E-state index in [0.29, 0.717) is 28.5 Å². The Balaban J connectivity index is 0.000000177. The van der Waals surface area contributed by atoms with E-state index < -0.39 is 69.2 Å². The molecule has 4 unspecified atom stereocenters. The maximum atomic E-state index is 12.4. The van der Waals surface area contributed by atoms with Gasteiger partial charge in [-0.3, -0.25) is 38.1 Å². The first kappa shape index (κ1) is 70.5. The van der Waals surface area contributed by atoms with Crippen molar-refractivity contribution in [3.63, 3.8) is 0 Å². The summed E-state index contributed by atoms with van der Waals surface area (Å²) in [7, 11) is -5.42. The molecule has 4 atom stereocenters. The van der Waals surface area contributed by atoms with Crippen molar-refractivity contribution in [3.8, 4) is 22.9 Å². The van der Waals surface area contributed by atoms with Gasteiger partial charge in [0.2, 0.25) is 20.0 Å². The summed E-state index contributed by atoms with van der Waals surface area (Å²) in [5.74, 6) is 1.67. The van der Waals surface area contributed by atoms with E-state index in [2.05, 4.69) is 121 Å². The number of aromatic amines is 2. The number of sulfonamides is 2. The van der Waals surface area contributed by atoms with Crippen LogP contribution in [0.15, 0.2) is 153 Å². The van der Waals surface area contributed by atoms with Crippen LogP contribution in [0.3, 0.4) is 0 Å². The van der Waals surface area contributed by atoms with Gasteiger partial charge in [0, 0.05) is 65.4 Å². The van der Waals surface area contributed by atoms with Crippen LogP contribution in [0.1, 0.15) is 110 Å². The number of nitrogens with one attached hydrogen (secondary N) is 4. The van der Waals surface area contributed by atoms with Crippen LogP contribution in [0, 0.1) is 3.57 Å². The van der Waals surface area contributed by atoms with Gasteiger partial charge in [-0.2, -0.15) is 0 Å². The van der Waals surface area contributed by atoms with E-state index in [4.69, 9.17) is 33.7 Å². The first-order valence-corrected chi connectivity index (χ1v) is 34.5. The highest BCUT2D eigenvalue weighted by Crippen LogP contribution is 2.75. The molecule has 0 radical (unpaired) electrons. The second kappa shape index (κ2) is 27.5. The molecule has 21 nitrogen and oxygen atoms in total. The van der Waals surface area contributed by atoms with Gasteiger partial charge in [0.25, 0.3) is 11.1 Å². The van der Waals surface area contributed by atoms with E-state index in [1.54, 1.807) is 62.8 Å². The van der Waals surface area contributed by atoms with E-state index in [-0.39, 0.29) is 21.5 Å². The average Bonchev–Trinajstić information content (AvgIpc) is 0.686. The number of nitrogens with zero attached hydrogens (tertiary/aromatic N) is 2. The first-order valence-electron chi connectivity index (χ1n) is 28.3. The van der Waals surface area contributed by atoms with E-state index in [1.165, 1.54) is 51.0 Å². The minimum Gasteiger partial charge on any atom is -0.496 e. The van der Waals surface area contributed by atoms with Crippen molar-refractivity contribution in [1.29, 1.82) is 0 Å². The molecule has 4 aliphatic heterocycles. The number of aromatic nitrogens is 4. The molecule has 0 amide bonds. The zero-order valence-corrected chi connectivity index (χ0v) is 57.3. The number of rotatable bonds is 13. The number of anilines is 2. The topological polar surface area (TPSA) is 289 Å². The number of halogens is 1. The summed E-state index contributed by atoms with van der Waals surface area (Å²) >= 11 is 2.18. The van der Waals surface area contributed by atoms with Gasteiger partial charge in [-0.15, -0.1) is 0 Å². The number of methoxy groups -OCH3 is 2. The molecular weight excluding hydrogens is 1330 g/mol. The van der Waals surface area contributed by atoms with Gasteiger partial charge in [-0.1, -0.05) is 120 Å². The molecule has 6 N–H and O–H groups in total. The number of hydrogen-bond acceptors (Lipinski definition) is 15. The fraction of sp³-hybridized carbons (Fsp3) is 0.344. The van der Waals surface area contributed by atoms with Crippen LogP contribution < -0.4 is 46.7 Å². The zero-order chi connectivity index (χ0) is 66.6. The molecule has 4 bridgehead atoms. The lowest BCUT2D eigenvalue weighted by atomic mass is 9.84. The third-order valence-corrected chi connectivity index (χ3v) is 19.5. The molecule has 90 heavy (non-hydrogen) atoms. The van der Waals surface area contributed by atoms with Gasteiger partial charge < -0.3 is 33.7 Å². The minimum atomic E-state index is -3.34. The normalized spacial score (nSPS) is 21.1. The second-order valence-corrected chi connectivity index (χ2v) is 32.4.